The molecule has 0 saturated heterocycles. The molecule has 0 aliphatic carbocycles. The van der Waals surface area contributed by atoms with Crippen LogP contribution in [0.1, 0.15) is 12.5 Å². The number of nitrogen functional groups attached to an aromatic ring is 1. The molecule has 0 bridgehead atoms. The summed E-state index contributed by atoms with van der Waals surface area (Å²) in [6.07, 6.45) is 4.49. The average Bonchev–Trinajstić information content (AvgIpc) is 3.46. The van der Waals surface area contributed by atoms with Gasteiger partial charge in [0.05, 0.1) is 24.0 Å². The second-order valence-corrected chi connectivity index (χ2v) is 10.1. The third-order valence-electron chi connectivity index (χ3n) is 7.06. The van der Waals surface area contributed by atoms with Gasteiger partial charge in [-0.1, -0.05) is 12.1 Å². The smallest absolute Gasteiger partial charge is 0.262 e. The minimum absolute atomic E-state index is 0.0656. The molecule has 0 radical (unpaired) electrons. The van der Waals surface area contributed by atoms with Crippen molar-refractivity contribution in [2.75, 3.05) is 17.7 Å². The van der Waals surface area contributed by atoms with Gasteiger partial charge in [0.2, 0.25) is 5.91 Å². The Balaban J connectivity index is 1.23. The number of aromatic amines is 1. The van der Waals surface area contributed by atoms with Gasteiger partial charge in [-0.25, -0.2) is 13.8 Å². The molecule has 11 heteroatoms. The van der Waals surface area contributed by atoms with Gasteiger partial charge < -0.3 is 25.5 Å². The fourth-order valence-electron chi connectivity index (χ4n) is 5.01. The van der Waals surface area contributed by atoms with Crippen molar-refractivity contribution in [2.45, 2.75) is 13.3 Å². The molecule has 0 fully saturated rings. The fraction of sp³-hybridized carbons (Fsp3) is 0.0882. The van der Waals surface area contributed by atoms with Gasteiger partial charge in [0.15, 0.2) is 11.6 Å². The largest absolute Gasteiger partial charge is 0.493 e. The van der Waals surface area contributed by atoms with E-state index in [1.165, 1.54) is 47.2 Å². The number of nitrogens with zero attached hydrogens (tertiary/aromatic N) is 2. The van der Waals surface area contributed by atoms with E-state index in [0.29, 0.717) is 28.2 Å². The Labute approximate surface area is 255 Å². The molecule has 226 valence electrons. The standard InChI is InChI=1S/C34H27F2N5O4/c1-2-44-28-13-15-41(24-9-6-21(35)7-10-24)34(43)25(28)18-31(42)40-23-8-11-29(27(36)17-23)45-30-12-14-38-33-32(30)26(19-39-33)20-4-3-5-22(37)16-20/h3-17,19H,2,18,37H2,1H3,(H,38,39)(H,40,42). The van der Waals surface area contributed by atoms with Crippen molar-refractivity contribution in [1.29, 1.82) is 0 Å². The maximum absolute atomic E-state index is 15.3. The number of H-pyrrole nitrogens is 1. The van der Waals surface area contributed by atoms with Gasteiger partial charge in [0.25, 0.3) is 5.56 Å². The number of nitrogens with one attached hydrogen (secondary N) is 2. The first-order valence-electron chi connectivity index (χ1n) is 14.0. The first kappa shape index (κ1) is 29.1. The highest BCUT2D eigenvalue weighted by Gasteiger charge is 2.18. The Morgan fingerprint density at radius 3 is 2.58 bits per heavy atom. The molecule has 0 atom stereocenters. The number of ether oxygens (including phenoxy) is 2. The zero-order valence-corrected chi connectivity index (χ0v) is 24.0. The number of aromatic nitrogens is 3. The van der Waals surface area contributed by atoms with Crippen molar-refractivity contribution in [3.8, 4) is 34.1 Å². The molecular formula is C34H27F2N5O4. The lowest BCUT2D eigenvalue weighted by Gasteiger charge is -2.14. The number of pyridine rings is 2. The van der Waals surface area contributed by atoms with Crippen LogP contribution in [0.3, 0.4) is 0 Å². The van der Waals surface area contributed by atoms with Crippen molar-refractivity contribution in [3.05, 3.63) is 125 Å². The molecule has 0 aliphatic heterocycles. The van der Waals surface area contributed by atoms with E-state index in [1.807, 2.05) is 18.2 Å². The van der Waals surface area contributed by atoms with Crippen molar-refractivity contribution in [1.82, 2.24) is 14.5 Å². The lowest BCUT2D eigenvalue weighted by atomic mass is 10.0. The van der Waals surface area contributed by atoms with Gasteiger partial charge in [-0.3, -0.25) is 14.2 Å². The van der Waals surface area contributed by atoms with E-state index in [2.05, 4.69) is 15.3 Å². The van der Waals surface area contributed by atoms with Crippen molar-refractivity contribution in [3.63, 3.8) is 0 Å². The Morgan fingerprint density at radius 1 is 1.00 bits per heavy atom. The maximum Gasteiger partial charge on any atom is 0.262 e. The summed E-state index contributed by atoms with van der Waals surface area (Å²) >= 11 is 0. The highest BCUT2D eigenvalue weighted by molar-refractivity contribution is 5.98. The van der Waals surface area contributed by atoms with E-state index in [9.17, 15) is 14.0 Å². The SMILES string of the molecule is CCOc1ccn(-c2ccc(F)cc2)c(=O)c1CC(=O)Nc1ccc(Oc2ccnc3[nH]cc(-c4cccc(N)c4)c23)c(F)c1. The second kappa shape index (κ2) is 12.3. The maximum atomic E-state index is 15.3. The molecule has 6 aromatic rings. The van der Waals surface area contributed by atoms with Crippen LogP contribution >= 0.6 is 0 Å². The van der Waals surface area contributed by atoms with Crippen LogP contribution in [-0.4, -0.2) is 27.0 Å². The van der Waals surface area contributed by atoms with Crippen LogP contribution in [0, 0.1) is 11.6 Å². The fourth-order valence-corrected chi connectivity index (χ4v) is 5.01. The summed E-state index contributed by atoms with van der Waals surface area (Å²) in [6, 6.07) is 20.0. The van der Waals surface area contributed by atoms with Gasteiger partial charge in [-0.2, -0.15) is 0 Å². The number of carbonyl (C=O) groups is 1. The van der Waals surface area contributed by atoms with E-state index >= 15 is 4.39 Å². The Bertz CT molecular complexity index is 2090. The highest BCUT2D eigenvalue weighted by Crippen LogP contribution is 2.38. The molecule has 6 rings (SSSR count). The minimum Gasteiger partial charge on any atom is -0.493 e. The molecule has 45 heavy (non-hydrogen) atoms. The van der Waals surface area contributed by atoms with Crippen LogP contribution in [0.2, 0.25) is 0 Å². The summed E-state index contributed by atoms with van der Waals surface area (Å²) in [7, 11) is 0. The molecule has 3 aromatic carbocycles. The summed E-state index contributed by atoms with van der Waals surface area (Å²) in [5.74, 6) is -1.16. The van der Waals surface area contributed by atoms with Crippen molar-refractivity contribution >= 4 is 28.3 Å². The lowest BCUT2D eigenvalue weighted by Crippen LogP contribution is -2.26. The Kier molecular flexibility index (Phi) is 7.98. The molecular weight excluding hydrogens is 580 g/mol. The summed E-state index contributed by atoms with van der Waals surface area (Å²) in [5, 5.41) is 3.28. The van der Waals surface area contributed by atoms with Crippen LogP contribution in [-0.2, 0) is 11.2 Å². The predicted molar refractivity (Wildman–Crippen MR) is 168 cm³/mol. The minimum atomic E-state index is -0.716. The summed E-state index contributed by atoms with van der Waals surface area (Å²) in [4.78, 5) is 33.8. The molecule has 3 heterocycles. The molecule has 4 N–H and O–H groups in total. The number of halogens is 2. The van der Waals surface area contributed by atoms with Gasteiger partial charge in [0, 0.05) is 47.3 Å². The molecule has 1 amide bonds. The number of nitrogens with two attached hydrogens (primary N) is 1. The third-order valence-corrected chi connectivity index (χ3v) is 7.06. The van der Waals surface area contributed by atoms with Crippen LogP contribution in [0.25, 0.3) is 27.8 Å². The molecule has 0 aliphatic rings. The van der Waals surface area contributed by atoms with Crippen LogP contribution in [0.5, 0.6) is 17.2 Å². The van der Waals surface area contributed by atoms with Gasteiger partial charge in [0.1, 0.15) is 23.0 Å². The van der Waals surface area contributed by atoms with E-state index in [4.69, 9.17) is 15.2 Å². The Hall–Kier alpha value is -5.97. The number of rotatable bonds is 9. The Morgan fingerprint density at radius 2 is 1.82 bits per heavy atom. The predicted octanol–water partition coefficient (Wildman–Crippen LogP) is 6.61. The molecule has 0 unspecified atom stereocenters. The average molecular weight is 608 g/mol. The van der Waals surface area contributed by atoms with Crippen LogP contribution in [0.15, 0.2) is 102 Å². The third kappa shape index (κ3) is 6.09. The van der Waals surface area contributed by atoms with E-state index in [0.717, 1.165) is 17.2 Å². The molecule has 0 spiro atoms. The summed E-state index contributed by atoms with van der Waals surface area (Å²) in [5.41, 5.74) is 8.95. The summed E-state index contributed by atoms with van der Waals surface area (Å²) < 4.78 is 41.6. The van der Waals surface area contributed by atoms with Crippen LogP contribution < -0.4 is 26.1 Å². The van der Waals surface area contributed by atoms with E-state index in [-0.39, 0.29) is 35.8 Å². The first-order chi connectivity index (χ1) is 21.8. The number of carbonyl (C=O) groups excluding carboxylic acids is 1. The highest BCUT2D eigenvalue weighted by atomic mass is 19.1. The van der Waals surface area contributed by atoms with Gasteiger partial charge in [-0.15, -0.1) is 0 Å². The first-order valence-corrected chi connectivity index (χ1v) is 14.0. The number of hydrogen-bond acceptors (Lipinski definition) is 6. The monoisotopic (exact) mass is 607 g/mol. The molecule has 9 nitrogen and oxygen atoms in total. The van der Waals surface area contributed by atoms with Gasteiger partial charge >= 0.3 is 0 Å². The number of amides is 1. The number of anilines is 2. The normalized spacial score (nSPS) is 11.0. The number of hydrogen-bond donors (Lipinski definition) is 3. The second-order valence-electron chi connectivity index (χ2n) is 10.1. The molecule has 3 aromatic heterocycles. The van der Waals surface area contributed by atoms with Crippen molar-refractivity contribution in [2.24, 2.45) is 0 Å². The number of benzene rings is 3. The van der Waals surface area contributed by atoms with Gasteiger partial charge in [-0.05, 0) is 73.2 Å². The number of fused-ring (bicyclic) bond motifs is 1. The lowest BCUT2D eigenvalue weighted by molar-refractivity contribution is -0.115. The zero-order chi connectivity index (χ0) is 31.5. The van der Waals surface area contributed by atoms with E-state index < -0.39 is 23.1 Å². The van der Waals surface area contributed by atoms with Crippen LogP contribution in [0.4, 0.5) is 20.2 Å². The van der Waals surface area contributed by atoms with Crippen molar-refractivity contribution < 1.29 is 23.0 Å². The van der Waals surface area contributed by atoms with E-state index in [1.54, 1.807) is 37.5 Å². The topological polar surface area (TPSA) is 124 Å². The zero-order valence-electron chi connectivity index (χ0n) is 24.0. The summed E-state index contributed by atoms with van der Waals surface area (Å²) in [6.45, 7) is 2.03. The quantitative estimate of drug-likeness (QED) is 0.159. The molecule has 0 saturated carbocycles.